The van der Waals surface area contributed by atoms with Gasteiger partial charge in [-0.15, -0.1) is 11.3 Å². The van der Waals surface area contributed by atoms with E-state index in [9.17, 15) is 13.2 Å². The summed E-state index contributed by atoms with van der Waals surface area (Å²) < 4.78 is 27.1. The summed E-state index contributed by atoms with van der Waals surface area (Å²) in [5.41, 5.74) is -0.00430. The molecule has 0 saturated heterocycles. The number of thiocarbonyl (C=S) groups is 1. The first-order chi connectivity index (χ1) is 12.5. The number of hydrogen-bond acceptors (Lipinski definition) is 5. The standard InChI is InChI=1S/C18H21N3O3S3/c1-18(2,3)21-27(23,24)15-9-6-13(7-10-15)19-17(25)20-16(22)11-8-14-5-4-12-26-14/h4-12,21H,1-3H3,(H2,19,20,22,25). The summed E-state index contributed by atoms with van der Waals surface area (Å²) in [7, 11) is -3.60. The molecule has 3 N–H and O–H groups in total. The van der Waals surface area contributed by atoms with Gasteiger partial charge in [0.15, 0.2) is 5.11 Å². The monoisotopic (exact) mass is 423 g/mol. The zero-order chi connectivity index (χ0) is 20.1. The zero-order valence-electron chi connectivity index (χ0n) is 15.1. The summed E-state index contributed by atoms with van der Waals surface area (Å²) in [4.78, 5) is 13.0. The minimum absolute atomic E-state index is 0.124. The summed E-state index contributed by atoms with van der Waals surface area (Å²) in [5.74, 6) is -0.352. The zero-order valence-corrected chi connectivity index (χ0v) is 17.6. The van der Waals surface area contributed by atoms with Crippen LogP contribution in [-0.4, -0.2) is 25.0 Å². The molecule has 0 aliphatic carbocycles. The first-order valence-electron chi connectivity index (χ1n) is 8.03. The molecule has 0 spiro atoms. The molecule has 0 aliphatic heterocycles. The van der Waals surface area contributed by atoms with Gasteiger partial charge >= 0.3 is 0 Å². The van der Waals surface area contributed by atoms with Crippen LogP contribution in [0.2, 0.25) is 0 Å². The topological polar surface area (TPSA) is 87.3 Å². The quantitative estimate of drug-likeness (QED) is 0.507. The van der Waals surface area contributed by atoms with Crippen LogP contribution in [0.25, 0.3) is 6.08 Å². The summed E-state index contributed by atoms with van der Waals surface area (Å²) in [5, 5.41) is 7.43. The molecule has 0 aliphatic rings. The van der Waals surface area contributed by atoms with E-state index in [1.165, 1.54) is 29.5 Å². The molecule has 0 unspecified atom stereocenters. The predicted molar refractivity (Wildman–Crippen MR) is 114 cm³/mol. The summed E-state index contributed by atoms with van der Waals surface area (Å²) in [6.07, 6.45) is 3.10. The second-order valence-electron chi connectivity index (χ2n) is 6.67. The molecule has 0 bridgehead atoms. The van der Waals surface area contributed by atoms with Crippen molar-refractivity contribution in [3.8, 4) is 0 Å². The highest BCUT2D eigenvalue weighted by molar-refractivity contribution is 7.89. The third-order valence-corrected chi connectivity index (χ3v) is 5.86. The Balaban J connectivity index is 1.94. The van der Waals surface area contributed by atoms with E-state index in [0.29, 0.717) is 5.69 Å². The van der Waals surface area contributed by atoms with E-state index in [-0.39, 0.29) is 15.9 Å². The van der Waals surface area contributed by atoms with Crippen molar-refractivity contribution < 1.29 is 13.2 Å². The minimum atomic E-state index is -3.60. The van der Waals surface area contributed by atoms with E-state index in [1.807, 2.05) is 17.5 Å². The molecular weight excluding hydrogens is 402 g/mol. The van der Waals surface area contributed by atoms with Crippen molar-refractivity contribution in [1.82, 2.24) is 10.0 Å². The highest BCUT2D eigenvalue weighted by Gasteiger charge is 2.21. The van der Waals surface area contributed by atoms with Gasteiger partial charge in [-0.1, -0.05) is 6.07 Å². The van der Waals surface area contributed by atoms with Gasteiger partial charge in [0.05, 0.1) is 4.90 Å². The Labute approximate surface area is 168 Å². The van der Waals surface area contributed by atoms with Crippen molar-refractivity contribution in [1.29, 1.82) is 0 Å². The number of anilines is 1. The predicted octanol–water partition coefficient (Wildman–Crippen LogP) is 3.35. The van der Waals surface area contributed by atoms with Crippen LogP contribution >= 0.6 is 23.6 Å². The maximum absolute atomic E-state index is 12.3. The van der Waals surface area contributed by atoms with Gasteiger partial charge in [-0.3, -0.25) is 10.1 Å². The van der Waals surface area contributed by atoms with E-state index in [1.54, 1.807) is 39.0 Å². The van der Waals surface area contributed by atoms with Crippen molar-refractivity contribution in [2.45, 2.75) is 31.2 Å². The number of amides is 1. The largest absolute Gasteiger partial charge is 0.332 e. The molecule has 0 radical (unpaired) electrons. The molecule has 2 rings (SSSR count). The van der Waals surface area contributed by atoms with Gasteiger partial charge in [0.1, 0.15) is 0 Å². The molecule has 1 aromatic heterocycles. The van der Waals surface area contributed by atoms with Crippen LogP contribution in [-0.2, 0) is 14.8 Å². The molecule has 6 nitrogen and oxygen atoms in total. The molecule has 2 aromatic rings. The van der Waals surface area contributed by atoms with Crippen LogP contribution in [0.15, 0.2) is 52.7 Å². The summed E-state index contributed by atoms with van der Waals surface area (Å²) >= 11 is 6.62. The number of thiophene rings is 1. The van der Waals surface area contributed by atoms with Crippen LogP contribution in [0.1, 0.15) is 25.6 Å². The summed E-state index contributed by atoms with van der Waals surface area (Å²) in [6, 6.07) is 9.90. The van der Waals surface area contributed by atoms with Gasteiger partial charge in [0, 0.05) is 22.2 Å². The Kier molecular flexibility index (Phi) is 6.88. The van der Waals surface area contributed by atoms with Crippen molar-refractivity contribution in [3.63, 3.8) is 0 Å². The van der Waals surface area contributed by atoms with Gasteiger partial charge in [-0.05, 0) is 74.8 Å². The molecule has 144 valence electrons. The molecular formula is C18H21N3O3S3. The average molecular weight is 424 g/mol. The number of rotatable bonds is 5. The Morgan fingerprint density at radius 2 is 1.81 bits per heavy atom. The number of nitrogens with one attached hydrogen (secondary N) is 3. The number of carbonyl (C=O) groups excluding carboxylic acids is 1. The maximum atomic E-state index is 12.3. The molecule has 1 amide bonds. The third-order valence-electron chi connectivity index (χ3n) is 3.04. The lowest BCUT2D eigenvalue weighted by Crippen LogP contribution is -2.40. The Bertz CT molecular complexity index is 926. The fourth-order valence-corrected chi connectivity index (χ4v) is 4.29. The molecule has 9 heteroatoms. The van der Waals surface area contributed by atoms with Gasteiger partial charge in [0.2, 0.25) is 15.9 Å². The second kappa shape index (κ2) is 8.75. The third kappa shape index (κ3) is 7.22. The van der Waals surface area contributed by atoms with Crippen LogP contribution < -0.4 is 15.4 Å². The van der Waals surface area contributed by atoms with Gasteiger partial charge < -0.3 is 5.32 Å². The van der Waals surface area contributed by atoms with E-state index >= 15 is 0 Å². The molecule has 1 aromatic carbocycles. The van der Waals surface area contributed by atoms with Crippen molar-refractivity contribution in [2.24, 2.45) is 0 Å². The minimum Gasteiger partial charge on any atom is -0.332 e. The number of carbonyl (C=O) groups is 1. The fraction of sp³-hybridized carbons (Fsp3) is 0.222. The maximum Gasteiger partial charge on any atom is 0.250 e. The molecule has 0 saturated carbocycles. The summed E-state index contributed by atoms with van der Waals surface area (Å²) in [6.45, 7) is 5.32. The average Bonchev–Trinajstić information content (AvgIpc) is 3.04. The smallest absolute Gasteiger partial charge is 0.250 e. The van der Waals surface area contributed by atoms with Crippen molar-refractivity contribution in [3.05, 3.63) is 52.7 Å². The highest BCUT2D eigenvalue weighted by atomic mass is 32.2. The van der Waals surface area contributed by atoms with E-state index in [4.69, 9.17) is 12.2 Å². The van der Waals surface area contributed by atoms with Crippen molar-refractivity contribution >= 4 is 56.4 Å². The van der Waals surface area contributed by atoms with Gasteiger partial charge in [-0.25, -0.2) is 13.1 Å². The van der Waals surface area contributed by atoms with Crippen molar-refractivity contribution in [2.75, 3.05) is 5.32 Å². The van der Waals surface area contributed by atoms with Crippen LogP contribution in [0.3, 0.4) is 0 Å². The number of hydrogen-bond donors (Lipinski definition) is 3. The fourth-order valence-electron chi connectivity index (χ4n) is 2.04. The molecule has 1 heterocycles. The number of sulfonamides is 1. The lowest BCUT2D eigenvalue weighted by atomic mass is 10.1. The first-order valence-corrected chi connectivity index (χ1v) is 10.8. The molecule has 27 heavy (non-hydrogen) atoms. The highest BCUT2D eigenvalue weighted by Crippen LogP contribution is 2.16. The van der Waals surface area contributed by atoms with Gasteiger partial charge in [-0.2, -0.15) is 0 Å². The van der Waals surface area contributed by atoms with Crippen LogP contribution in [0, 0.1) is 0 Å². The lowest BCUT2D eigenvalue weighted by molar-refractivity contribution is -0.115. The molecule has 0 atom stereocenters. The van der Waals surface area contributed by atoms with E-state index in [2.05, 4.69) is 15.4 Å². The SMILES string of the molecule is CC(C)(C)NS(=O)(=O)c1ccc(NC(=S)NC(=O)C=Cc2cccs2)cc1. The Morgan fingerprint density at radius 1 is 1.15 bits per heavy atom. The van der Waals surface area contributed by atoms with E-state index < -0.39 is 15.6 Å². The van der Waals surface area contributed by atoms with E-state index in [0.717, 1.165) is 4.88 Å². The van der Waals surface area contributed by atoms with Crippen LogP contribution in [0.5, 0.6) is 0 Å². The normalized spacial score (nSPS) is 12.1. The second-order valence-corrected chi connectivity index (χ2v) is 9.74. The lowest BCUT2D eigenvalue weighted by Gasteiger charge is -2.20. The molecule has 0 fully saturated rings. The Hall–Kier alpha value is -2.07. The van der Waals surface area contributed by atoms with Crippen LogP contribution in [0.4, 0.5) is 5.69 Å². The number of benzene rings is 1. The van der Waals surface area contributed by atoms with Gasteiger partial charge in [0.25, 0.3) is 0 Å². The Morgan fingerprint density at radius 3 is 2.37 bits per heavy atom. The first kappa shape index (κ1) is 21.2.